The summed E-state index contributed by atoms with van der Waals surface area (Å²) in [6.45, 7) is -0.598. The highest BCUT2D eigenvalue weighted by molar-refractivity contribution is 7.90. The fourth-order valence-electron chi connectivity index (χ4n) is 1.82. The molecular formula is C15H12N2O5S2. The second kappa shape index (κ2) is 7.25. The molecule has 0 unspecified atom stereocenters. The van der Waals surface area contributed by atoms with Crippen molar-refractivity contribution in [1.82, 2.24) is 0 Å². The summed E-state index contributed by atoms with van der Waals surface area (Å²) in [7, 11) is -3.60. The van der Waals surface area contributed by atoms with Gasteiger partial charge in [0.05, 0.1) is 16.0 Å². The molecule has 0 radical (unpaired) electrons. The minimum atomic E-state index is -3.60. The highest BCUT2D eigenvalue weighted by atomic mass is 32.2. The first kappa shape index (κ1) is 17.7. The summed E-state index contributed by atoms with van der Waals surface area (Å²) in [5.41, 5.74) is 0.170. The number of sulfone groups is 1. The zero-order chi connectivity index (χ0) is 17.7. The Bertz CT molecular complexity index is 925. The van der Waals surface area contributed by atoms with Crippen LogP contribution in [-0.4, -0.2) is 33.2 Å². The van der Waals surface area contributed by atoms with Crippen molar-refractivity contribution in [2.45, 2.75) is 4.90 Å². The SMILES string of the molecule is CS(=O)(=O)c1ccccc1C(=O)OCC(=O)Nc1sccc1C#N. The Hall–Kier alpha value is -2.70. The number of amides is 1. The molecule has 0 bridgehead atoms. The average Bonchev–Trinajstić information content (AvgIpc) is 2.99. The summed E-state index contributed by atoms with van der Waals surface area (Å²) in [5, 5.41) is 13.3. The van der Waals surface area contributed by atoms with Gasteiger partial charge < -0.3 is 10.1 Å². The van der Waals surface area contributed by atoms with Crippen LogP contribution in [0.5, 0.6) is 0 Å². The molecule has 0 spiro atoms. The van der Waals surface area contributed by atoms with Gasteiger partial charge in [-0.1, -0.05) is 12.1 Å². The molecule has 2 rings (SSSR count). The van der Waals surface area contributed by atoms with Crippen LogP contribution in [0, 0.1) is 11.3 Å². The summed E-state index contributed by atoms with van der Waals surface area (Å²) in [5.74, 6) is -1.54. The Balaban J connectivity index is 2.04. The number of carbonyl (C=O) groups is 2. The van der Waals surface area contributed by atoms with Gasteiger partial charge in [0, 0.05) is 6.26 Å². The second-order valence-corrected chi connectivity index (χ2v) is 7.57. The van der Waals surface area contributed by atoms with E-state index in [4.69, 9.17) is 10.00 Å². The molecule has 1 aromatic heterocycles. The lowest BCUT2D eigenvalue weighted by Crippen LogP contribution is -2.21. The molecule has 0 atom stereocenters. The van der Waals surface area contributed by atoms with Crippen LogP contribution in [0.25, 0.3) is 0 Å². The molecule has 0 aliphatic heterocycles. The molecule has 124 valence electrons. The van der Waals surface area contributed by atoms with E-state index in [0.29, 0.717) is 10.6 Å². The summed E-state index contributed by atoms with van der Waals surface area (Å²) in [6.07, 6.45) is 0.978. The maximum Gasteiger partial charge on any atom is 0.339 e. The Morgan fingerprint density at radius 2 is 2.00 bits per heavy atom. The number of nitrogens with zero attached hydrogens (tertiary/aromatic N) is 1. The van der Waals surface area contributed by atoms with E-state index in [1.165, 1.54) is 24.3 Å². The van der Waals surface area contributed by atoms with E-state index in [9.17, 15) is 18.0 Å². The largest absolute Gasteiger partial charge is 0.452 e. The number of anilines is 1. The summed E-state index contributed by atoms with van der Waals surface area (Å²) >= 11 is 1.16. The van der Waals surface area contributed by atoms with Crippen LogP contribution in [0.1, 0.15) is 15.9 Å². The van der Waals surface area contributed by atoms with Crippen LogP contribution in [0.3, 0.4) is 0 Å². The lowest BCUT2D eigenvalue weighted by atomic mass is 10.2. The first-order valence-electron chi connectivity index (χ1n) is 6.56. The molecule has 1 amide bonds. The Morgan fingerprint density at radius 1 is 1.29 bits per heavy atom. The van der Waals surface area contributed by atoms with Crippen molar-refractivity contribution in [2.75, 3.05) is 18.2 Å². The topological polar surface area (TPSA) is 113 Å². The molecule has 0 aliphatic rings. The molecular weight excluding hydrogens is 352 g/mol. The standard InChI is InChI=1S/C15H12N2O5S2/c1-24(20,21)12-5-3-2-4-11(12)15(19)22-9-13(18)17-14-10(8-16)6-7-23-14/h2-7H,9H2,1H3,(H,17,18). The quantitative estimate of drug-likeness (QED) is 0.810. The lowest BCUT2D eigenvalue weighted by molar-refractivity contribution is -0.119. The molecule has 0 saturated heterocycles. The van der Waals surface area contributed by atoms with Crippen molar-refractivity contribution in [3.05, 3.63) is 46.8 Å². The number of thiophene rings is 1. The minimum absolute atomic E-state index is 0.137. The molecule has 0 aliphatic carbocycles. The molecule has 1 aromatic carbocycles. The summed E-state index contributed by atoms with van der Waals surface area (Å²) < 4.78 is 28.2. The number of carbonyl (C=O) groups excluding carboxylic acids is 2. The number of esters is 1. The third kappa shape index (κ3) is 4.18. The maximum atomic E-state index is 12.0. The first-order valence-corrected chi connectivity index (χ1v) is 9.33. The summed E-state index contributed by atoms with van der Waals surface area (Å²) in [6, 6.07) is 9.05. The van der Waals surface area contributed by atoms with Crippen LogP contribution in [-0.2, 0) is 19.4 Å². The lowest BCUT2D eigenvalue weighted by Gasteiger charge is -2.08. The highest BCUT2D eigenvalue weighted by Crippen LogP contribution is 2.22. The van der Waals surface area contributed by atoms with Gasteiger partial charge in [-0.2, -0.15) is 5.26 Å². The molecule has 0 saturated carbocycles. The Morgan fingerprint density at radius 3 is 2.67 bits per heavy atom. The highest BCUT2D eigenvalue weighted by Gasteiger charge is 2.20. The van der Waals surface area contributed by atoms with Crippen molar-refractivity contribution in [3.8, 4) is 6.07 Å². The second-order valence-electron chi connectivity index (χ2n) is 4.67. The number of nitrogens with one attached hydrogen (secondary N) is 1. The predicted octanol–water partition coefficient (Wildman–Crippen LogP) is 1.82. The van der Waals surface area contributed by atoms with E-state index in [1.54, 1.807) is 11.4 Å². The number of benzene rings is 1. The van der Waals surface area contributed by atoms with E-state index in [1.807, 2.05) is 6.07 Å². The van der Waals surface area contributed by atoms with E-state index in [-0.39, 0.29) is 10.5 Å². The molecule has 0 fully saturated rings. The average molecular weight is 364 g/mol. The number of hydrogen-bond donors (Lipinski definition) is 1. The normalized spacial score (nSPS) is 10.7. The minimum Gasteiger partial charge on any atom is -0.452 e. The van der Waals surface area contributed by atoms with Gasteiger partial charge in [0.15, 0.2) is 16.4 Å². The predicted molar refractivity (Wildman–Crippen MR) is 87.5 cm³/mol. The van der Waals surface area contributed by atoms with E-state index in [0.717, 1.165) is 17.6 Å². The van der Waals surface area contributed by atoms with Crippen molar-refractivity contribution in [3.63, 3.8) is 0 Å². The van der Waals surface area contributed by atoms with Crippen LogP contribution in [0.4, 0.5) is 5.00 Å². The van der Waals surface area contributed by atoms with Gasteiger partial charge in [-0.05, 0) is 23.6 Å². The molecule has 1 N–H and O–H groups in total. The first-order chi connectivity index (χ1) is 11.3. The third-order valence-corrected chi connectivity index (χ3v) is 4.86. The monoisotopic (exact) mass is 364 g/mol. The smallest absolute Gasteiger partial charge is 0.339 e. The maximum absolute atomic E-state index is 12.0. The van der Waals surface area contributed by atoms with Gasteiger partial charge >= 0.3 is 5.97 Å². The number of ether oxygens (including phenoxy) is 1. The van der Waals surface area contributed by atoms with Crippen LogP contribution in [0.2, 0.25) is 0 Å². The van der Waals surface area contributed by atoms with Gasteiger partial charge in [-0.25, -0.2) is 13.2 Å². The van der Waals surface area contributed by atoms with Crippen LogP contribution in [0.15, 0.2) is 40.6 Å². The molecule has 1 heterocycles. The van der Waals surface area contributed by atoms with Gasteiger partial charge in [-0.15, -0.1) is 11.3 Å². The Labute approximate surface area is 142 Å². The summed E-state index contributed by atoms with van der Waals surface area (Å²) in [4.78, 5) is 23.6. The van der Waals surface area contributed by atoms with Crippen molar-refractivity contribution in [2.24, 2.45) is 0 Å². The van der Waals surface area contributed by atoms with Gasteiger partial charge in [0.25, 0.3) is 5.91 Å². The fraction of sp³-hybridized carbons (Fsp3) is 0.133. The van der Waals surface area contributed by atoms with Crippen LogP contribution >= 0.6 is 11.3 Å². The van der Waals surface area contributed by atoms with Gasteiger partial charge in [0.1, 0.15) is 11.1 Å². The third-order valence-electron chi connectivity index (χ3n) is 2.88. The van der Waals surface area contributed by atoms with E-state index in [2.05, 4.69) is 5.32 Å². The van der Waals surface area contributed by atoms with E-state index < -0.39 is 28.3 Å². The molecule has 9 heteroatoms. The van der Waals surface area contributed by atoms with Crippen molar-refractivity contribution in [1.29, 1.82) is 5.26 Å². The zero-order valence-electron chi connectivity index (χ0n) is 12.5. The molecule has 24 heavy (non-hydrogen) atoms. The Kier molecular flexibility index (Phi) is 5.33. The molecule has 2 aromatic rings. The van der Waals surface area contributed by atoms with E-state index >= 15 is 0 Å². The van der Waals surface area contributed by atoms with Gasteiger partial charge in [-0.3, -0.25) is 4.79 Å². The van der Waals surface area contributed by atoms with Crippen LogP contribution < -0.4 is 5.32 Å². The fourth-order valence-corrected chi connectivity index (χ4v) is 3.45. The van der Waals surface area contributed by atoms with Crippen molar-refractivity contribution < 1.29 is 22.7 Å². The zero-order valence-corrected chi connectivity index (χ0v) is 14.1. The number of nitriles is 1. The van der Waals surface area contributed by atoms with Crippen molar-refractivity contribution >= 4 is 38.1 Å². The number of rotatable bonds is 5. The number of hydrogen-bond acceptors (Lipinski definition) is 7. The van der Waals surface area contributed by atoms with Gasteiger partial charge in [0.2, 0.25) is 0 Å². The molecule has 7 nitrogen and oxygen atoms in total.